The Balaban J connectivity index is 1.65. The average Bonchev–Trinajstić information content (AvgIpc) is 3.10. The van der Waals surface area contributed by atoms with Crippen molar-refractivity contribution in [3.63, 3.8) is 0 Å². The van der Waals surface area contributed by atoms with Gasteiger partial charge in [0.1, 0.15) is 5.82 Å². The minimum atomic E-state index is -0.285. The predicted octanol–water partition coefficient (Wildman–Crippen LogP) is 4.28. The van der Waals surface area contributed by atoms with Gasteiger partial charge < -0.3 is 4.90 Å². The Labute approximate surface area is 152 Å². The van der Waals surface area contributed by atoms with E-state index in [4.69, 9.17) is 0 Å². The van der Waals surface area contributed by atoms with Crippen molar-refractivity contribution >= 4 is 17.7 Å². The smallest absolute Gasteiger partial charge is 0.233 e. The summed E-state index contributed by atoms with van der Waals surface area (Å²) in [4.78, 5) is 19.0. The van der Waals surface area contributed by atoms with Gasteiger partial charge in [-0.05, 0) is 38.0 Å². The monoisotopic (exact) mass is 361 g/mol. The number of hydrogen-bond donors (Lipinski definition) is 0. The first-order valence-corrected chi connectivity index (χ1v) is 9.89. The fourth-order valence-corrected chi connectivity index (χ4v) is 4.32. The molecule has 0 unspecified atom stereocenters. The molecule has 3 rings (SSSR count). The lowest BCUT2D eigenvalue weighted by Crippen LogP contribution is -2.42. The van der Waals surface area contributed by atoms with Crippen LogP contribution >= 0.6 is 11.8 Å². The number of amides is 1. The molecule has 0 radical (unpaired) electrons. The van der Waals surface area contributed by atoms with Crippen LogP contribution in [0.3, 0.4) is 0 Å². The van der Waals surface area contributed by atoms with Crippen LogP contribution in [0.2, 0.25) is 0 Å². The van der Waals surface area contributed by atoms with Crippen LogP contribution in [0.15, 0.2) is 41.8 Å². The molecule has 1 heterocycles. The Morgan fingerprint density at radius 2 is 2.16 bits per heavy atom. The van der Waals surface area contributed by atoms with Gasteiger partial charge in [0.15, 0.2) is 5.16 Å². The van der Waals surface area contributed by atoms with Crippen LogP contribution in [0.4, 0.5) is 4.39 Å². The number of rotatable bonds is 6. The van der Waals surface area contributed by atoms with Crippen LogP contribution in [0.1, 0.15) is 39.0 Å². The van der Waals surface area contributed by atoms with Gasteiger partial charge in [-0.15, -0.1) is 0 Å². The molecule has 1 aromatic carbocycles. The Hall–Kier alpha value is -1.82. The zero-order valence-electron chi connectivity index (χ0n) is 14.5. The van der Waals surface area contributed by atoms with Crippen LogP contribution < -0.4 is 0 Å². The highest BCUT2D eigenvalue weighted by Crippen LogP contribution is 2.25. The fraction of sp³-hybridized carbons (Fsp3) is 0.474. The minimum absolute atomic E-state index is 0.160. The van der Waals surface area contributed by atoms with Crippen LogP contribution in [0, 0.1) is 5.82 Å². The van der Waals surface area contributed by atoms with Crippen LogP contribution in [0.25, 0.3) is 5.69 Å². The lowest BCUT2D eigenvalue weighted by atomic mass is 9.94. The molecule has 1 aliphatic carbocycles. The van der Waals surface area contributed by atoms with Gasteiger partial charge in [0.25, 0.3) is 0 Å². The lowest BCUT2D eigenvalue weighted by molar-refractivity contribution is -0.131. The number of imidazole rings is 1. The van der Waals surface area contributed by atoms with E-state index < -0.39 is 0 Å². The number of benzene rings is 1. The molecule has 2 aromatic rings. The van der Waals surface area contributed by atoms with Crippen molar-refractivity contribution in [1.82, 2.24) is 14.5 Å². The van der Waals surface area contributed by atoms with E-state index in [1.165, 1.54) is 43.2 Å². The molecule has 0 atom stereocenters. The molecule has 0 bridgehead atoms. The van der Waals surface area contributed by atoms with E-state index in [0.29, 0.717) is 22.6 Å². The van der Waals surface area contributed by atoms with Gasteiger partial charge in [-0.25, -0.2) is 9.37 Å². The highest BCUT2D eigenvalue weighted by atomic mass is 32.2. The molecule has 4 nitrogen and oxygen atoms in total. The van der Waals surface area contributed by atoms with Crippen molar-refractivity contribution in [2.45, 2.75) is 50.2 Å². The number of carbonyl (C=O) groups is 1. The predicted molar refractivity (Wildman–Crippen MR) is 98.5 cm³/mol. The van der Waals surface area contributed by atoms with Crippen molar-refractivity contribution in [2.75, 3.05) is 12.3 Å². The average molecular weight is 361 g/mol. The number of hydrogen-bond acceptors (Lipinski definition) is 3. The molecule has 0 aliphatic heterocycles. The van der Waals surface area contributed by atoms with Gasteiger partial charge in [-0.3, -0.25) is 9.36 Å². The summed E-state index contributed by atoms with van der Waals surface area (Å²) in [6.45, 7) is 2.80. The minimum Gasteiger partial charge on any atom is -0.339 e. The summed E-state index contributed by atoms with van der Waals surface area (Å²) in [6, 6.07) is 6.77. The number of carbonyl (C=O) groups excluding carboxylic acids is 1. The molecule has 25 heavy (non-hydrogen) atoms. The SMILES string of the molecule is CCN(C(=O)CSc1nccn1-c1cccc(F)c1)C1CCCCC1. The molecular formula is C19H24FN3OS. The second-order valence-electron chi connectivity index (χ2n) is 6.32. The molecule has 1 aromatic heterocycles. The van der Waals surface area contributed by atoms with E-state index in [0.717, 1.165) is 19.4 Å². The number of halogens is 1. The van der Waals surface area contributed by atoms with Gasteiger partial charge in [0, 0.05) is 25.0 Å². The highest BCUT2D eigenvalue weighted by molar-refractivity contribution is 7.99. The number of thioether (sulfide) groups is 1. The molecular weight excluding hydrogens is 337 g/mol. The van der Waals surface area contributed by atoms with Crippen molar-refractivity contribution in [3.8, 4) is 5.69 Å². The molecule has 0 spiro atoms. The Morgan fingerprint density at radius 1 is 1.36 bits per heavy atom. The third-order valence-electron chi connectivity index (χ3n) is 4.69. The molecule has 1 amide bonds. The third-order valence-corrected chi connectivity index (χ3v) is 5.65. The van der Waals surface area contributed by atoms with Crippen molar-refractivity contribution in [1.29, 1.82) is 0 Å². The van der Waals surface area contributed by atoms with E-state index in [1.54, 1.807) is 18.5 Å². The first-order valence-electron chi connectivity index (χ1n) is 8.90. The van der Waals surface area contributed by atoms with Crippen molar-refractivity contribution in [2.24, 2.45) is 0 Å². The van der Waals surface area contributed by atoms with Crippen molar-refractivity contribution in [3.05, 3.63) is 42.5 Å². The Kier molecular flexibility index (Phi) is 6.13. The zero-order valence-corrected chi connectivity index (χ0v) is 15.3. The van der Waals surface area contributed by atoms with Gasteiger partial charge >= 0.3 is 0 Å². The summed E-state index contributed by atoms with van der Waals surface area (Å²) in [5.74, 6) is 0.234. The maximum Gasteiger partial charge on any atom is 0.233 e. The Morgan fingerprint density at radius 3 is 2.88 bits per heavy atom. The summed E-state index contributed by atoms with van der Waals surface area (Å²) in [6.07, 6.45) is 9.40. The molecule has 6 heteroatoms. The second kappa shape index (κ2) is 8.52. The van der Waals surface area contributed by atoms with Gasteiger partial charge in [-0.2, -0.15) is 0 Å². The van der Waals surface area contributed by atoms with Gasteiger partial charge in [0.2, 0.25) is 5.91 Å². The number of aromatic nitrogens is 2. The maximum atomic E-state index is 13.5. The van der Waals surface area contributed by atoms with E-state index in [9.17, 15) is 9.18 Å². The maximum absolute atomic E-state index is 13.5. The highest BCUT2D eigenvalue weighted by Gasteiger charge is 2.24. The molecule has 0 N–H and O–H groups in total. The first kappa shape index (κ1) is 18.0. The lowest BCUT2D eigenvalue weighted by Gasteiger charge is -2.33. The summed E-state index contributed by atoms with van der Waals surface area (Å²) in [5.41, 5.74) is 0.715. The molecule has 134 valence electrons. The largest absolute Gasteiger partial charge is 0.339 e. The van der Waals surface area contributed by atoms with Crippen LogP contribution in [-0.2, 0) is 4.79 Å². The summed E-state index contributed by atoms with van der Waals surface area (Å²) in [5, 5.41) is 0.707. The summed E-state index contributed by atoms with van der Waals surface area (Å²) in [7, 11) is 0. The van der Waals surface area contributed by atoms with E-state index >= 15 is 0 Å². The van der Waals surface area contributed by atoms with E-state index in [-0.39, 0.29) is 11.7 Å². The fourth-order valence-electron chi connectivity index (χ4n) is 3.46. The first-order chi connectivity index (χ1) is 12.2. The van der Waals surface area contributed by atoms with Crippen LogP contribution in [-0.4, -0.2) is 38.7 Å². The third kappa shape index (κ3) is 4.42. The molecule has 1 aliphatic rings. The Bertz CT molecular complexity index is 712. The second-order valence-corrected chi connectivity index (χ2v) is 7.26. The van der Waals surface area contributed by atoms with Gasteiger partial charge in [0.05, 0.1) is 11.4 Å². The summed E-state index contributed by atoms with van der Waals surface area (Å²) >= 11 is 1.41. The van der Waals surface area contributed by atoms with Gasteiger partial charge in [-0.1, -0.05) is 37.1 Å². The molecule has 1 saturated carbocycles. The standard InChI is InChI=1S/C19H24FN3OS/c1-2-22(16-8-4-3-5-9-16)18(24)14-25-19-21-11-12-23(19)17-10-6-7-15(20)13-17/h6-7,10-13,16H,2-5,8-9,14H2,1H3. The number of nitrogens with zero attached hydrogens (tertiary/aromatic N) is 3. The molecule has 0 saturated heterocycles. The quantitative estimate of drug-likeness (QED) is 0.721. The topological polar surface area (TPSA) is 38.1 Å². The zero-order chi connectivity index (χ0) is 17.6. The van der Waals surface area contributed by atoms with E-state index in [1.807, 2.05) is 22.5 Å². The molecule has 1 fully saturated rings. The normalized spacial score (nSPS) is 15.3. The van der Waals surface area contributed by atoms with Crippen molar-refractivity contribution < 1.29 is 9.18 Å². The van der Waals surface area contributed by atoms with E-state index in [2.05, 4.69) is 4.98 Å². The summed E-state index contributed by atoms with van der Waals surface area (Å²) < 4.78 is 15.3. The van der Waals surface area contributed by atoms with Crippen LogP contribution in [0.5, 0.6) is 0 Å².